The van der Waals surface area contributed by atoms with Crippen molar-refractivity contribution in [2.24, 2.45) is 0 Å². The third-order valence-electron chi connectivity index (χ3n) is 0.699. The largest absolute Gasteiger partial charge is 0.431 e. The lowest BCUT2D eigenvalue weighted by atomic mass is 10.5. The summed E-state index contributed by atoms with van der Waals surface area (Å²) in [4.78, 5) is 0. The summed E-state index contributed by atoms with van der Waals surface area (Å²) in [5.41, 5.74) is -0.844. The predicted molar refractivity (Wildman–Crippen MR) is 37.0 cm³/mol. The number of hydrogen-bond acceptors (Lipinski definition) is 1. The van der Waals surface area contributed by atoms with E-state index >= 15 is 0 Å². The Labute approximate surface area is 65.0 Å². The third-order valence-corrected chi connectivity index (χ3v) is 1.28. The molecule has 0 N–H and O–H groups in total. The van der Waals surface area contributed by atoms with Crippen molar-refractivity contribution in [3.05, 3.63) is 12.3 Å². The van der Waals surface area contributed by atoms with Gasteiger partial charge in [0, 0.05) is 7.05 Å². The Morgan fingerprint density at radius 3 is 1.89 bits per heavy atom. The van der Waals surface area contributed by atoms with Crippen LogP contribution in [0.2, 0.25) is 0 Å². The lowest BCUT2D eigenvalue weighted by molar-refractivity contribution is -0.101. The number of halogens is 4. The molecule has 0 rings (SSSR count). The summed E-state index contributed by atoms with van der Waals surface area (Å²) in [6.07, 6.45) is -4.30. The van der Waals surface area contributed by atoms with Crippen LogP contribution in [-0.2, 0) is 0 Å². The van der Waals surface area contributed by atoms with Crippen molar-refractivity contribution in [2.45, 2.75) is 6.18 Å². The molecule has 0 aromatic carbocycles. The van der Waals surface area contributed by atoms with Gasteiger partial charge in [-0.25, -0.2) is 0 Å². The van der Waals surface area contributed by atoms with Crippen molar-refractivity contribution in [2.75, 3.05) is 7.05 Å². The first kappa shape index (κ1) is 9.06. The molecule has 0 aromatic rings. The van der Waals surface area contributed by atoms with Crippen molar-refractivity contribution in [1.29, 1.82) is 0 Å². The SMILES string of the molecule is C=C(N(C)I)C(F)(F)F. The highest BCUT2D eigenvalue weighted by atomic mass is 127. The molecular formula is C4H5F3IN. The second-order valence-electron chi connectivity index (χ2n) is 1.42. The van der Waals surface area contributed by atoms with Crippen LogP contribution in [0.3, 0.4) is 0 Å². The van der Waals surface area contributed by atoms with Crippen LogP contribution in [0.4, 0.5) is 13.2 Å². The predicted octanol–water partition coefficient (Wildman–Crippen LogP) is 2.34. The second-order valence-corrected chi connectivity index (χ2v) is 2.87. The van der Waals surface area contributed by atoms with E-state index in [1.54, 1.807) is 0 Å². The summed E-state index contributed by atoms with van der Waals surface area (Å²) in [5.74, 6) is 0. The Morgan fingerprint density at radius 2 is 1.89 bits per heavy atom. The summed E-state index contributed by atoms with van der Waals surface area (Å²) in [6, 6.07) is 0. The number of alkyl halides is 3. The molecule has 0 spiro atoms. The minimum Gasteiger partial charge on any atom is -0.314 e. The first-order valence-electron chi connectivity index (χ1n) is 2.01. The molecule has 0 aliphatic carbocycles. The zero-order valence-electron chi connectivity index (χ0n) is 4.67. The molecule has 0 atom stereocenters. The topological polar surface area (TPSA) is 3.24 Å². The van der Waals surface area contributed by atoms with Crippen LogP contribution in [-0.4, -0.2) is 16.3 Å². The normalized spacial score (nSPS) is 11.2. The maximum Gasteiger partial charge on any atom is 0.431 e. The standard InChI is InChI=1S/C4H5F3IN/c1-3(9(2)8)4(5,6)7/h1H2,2H3. The zero-order chi connectivity index (χ0) is 7.65. The Bertz CT molecular complexity index is 117. The fraction of sp³-hybridized carbons (Fsp3) is 0.500. The first-order chi connectivity index (χ1) is 3.85. The summed E-state index contributed by atoms with van der Waals surface area (Å²) in [6.45, 7) is 2.82. The van der Waals surface area contributed by atoms with Crippen molar-refractivity contribution < 1.29 is 13.2 Å². The van der Waals surface area contributed by atoms with Crippen molar-refractivity contribution in [1.82, 2.24) is 3.11 Å². The first-order valence-corrected chi connectivity index (χ1v) is 2.98. The smallest absolute Gasteiger partial charge is 0.314 e. The van der Waals surface area contributed by atoms with Crippen LogP contribution < -0.4 is 0 Å². The molecule has 1 nitrogen and oxygen atoms in total. The molecule has 0 aromatic heterocycles. The van der Waals surface area contributed by atoms with E-state index < -0.39 is 11.9 Å². The molecule has 0 amide bonds. The lowest BCUT2D eigenvalue weighted by Gasteiger charge is -2.15. The van der Waals surface area contributed by atoms with Gasteiger partial charge in [-0.15, -0.1) is 0 Å². The van der Waals surface area contributed by atoms with Crippen LogP contribution in [0, 0.1) is 0 Å². The summed E-state index contributed by atoms with van der Waals surface area (Å²) in [5, 5.41) is 0. The maximum atomic E-state index is 11.6. The van der Waals surface area contributed by atoms with Crippen molar-refractivity contribution in [3.63, 3.8) is 0 Å². The van der Waals surface area contributed by atoms with Gasteiger partial charge in [-0.2, -0.15) is 13.2 Å². The molecule has 0 aliphatic heterocycles. The Balaban J connectivity index is 4.06. The van der Waals surface area contributed by atoms with Crippen molar-refractivity contribution >= 4 is 22.9 Å². The molecular weight excluding hydrogens is 246 g/mol. The van der Waals surface area contributed by atoms with Gasteiger partial charge in [-0.1, -0.05) is 6.58 Å². The minimum absolute atomic E-state index is 0.844. The lowest BCUT2D eigenvalue weighted by Crippen LogP contribution is -2.19. The average molecular weight is 251 g/mol. The monoisotopic (exact) mass is 251 g/mol. The highest BCUT2D eigenvalue weighted by Gasteiger charge is 2.33. The molecule has 0 aliphatic rings. The number of nitrogens with zero attached hydrogens (tertiary/aromatic N) is 1. The van der Waals surface area contributed by atoms with E-state index in [2.05, 4.69) is 6.58 Å². The third kappa shape index (κ3) is 2.92. The van der Waals surface area contributed by atoms with Crippen LogP contribution in [0.15, 0.2) is 12.3 Å². The van der Waals surface area contributed by atoms with E-state index in [1.807, 2.05) is 0 Å². The van der Waals surface area contributed by atoms with Gasteiger partial charge >= 0.3 is 6.18 Å². The summed E-state index contributed by atoms with van der Waals surface area (Å²) < 4.78 is 35.6. The molecule has 54 valence electrons. The molecule has 0 saturated carbocycles. The van der Waals surface area contributed by atoms with Gasteiger partial charge in [0.1, 0.15) is 5.70 Å². The molecule has 0 saturated heterocycles. The van der Waals surface area contributed by atoms with Gasteiger partial charge in [0.15, 0.2) is 0 Å². The summed E-state index contributed by atoms with van der Waals surface area (Å²) >= 11 is 1.51. The molecule has 0 radical (unpaired) electrons. The van der Waals surface area contributed by atoms with E-state index in [-0.39, 0.29) is 0 Å². The zero-order valence-corrected chi connectivity index (χ0v) is 6.82. The highest BCUT2D eigenvalue weighted by molar-refractivity contribution is 14.1. The second kappa shape index (κ2) is 2.76. The summed E-state index contributed by atoms with van der Waals surface area (Å²) in [7, 11) is 1.29. The highest BCUT2D eigenvalue weighted by Crippen LogP contribution is 2.27. The van der Waals surface area contributed by atoms with Crippen LogP contribution >= 0.6 is 22.9 Å². The van der Waals surface area contributed by atoms with Gasteiger partial charge in [0.25, 0.3) is 0 Å². The minimum atomic E-state index is -4.30. The average Bonchev–Trinajstić information content (AvgIpc) is 1.62. The molecule has 5 heteroatoms. The number of allylic oxidation sites excluding steroid dienone is 1. The van der Waals surface area contributed by atoms with E-state index in [0.29, 0.717) is 0 Å². The van der Waals surface area contributed by atoms with Crippen LogP contribution in [0.5, 0.6) is 0 Å². The molecule has 0 bridgehead atoms. The quantitative estimate of drug-likeness (QED) is 0.510. The Morgan fingerprint density at radius 1 is 1.56 bits per heavy atom. The van der Waals surface area contributed by atoms with E-state index in [1.165, 1.54) is 29.9 Å². The molecule has 0 heterocycles. The fourth-order valence-electron chi connectivity index (χ4n) is 0.175. The fourth-order valence-corrected chi connectivity index (χ4v) is 0.448. The van der Waals surface area contributed by atoms with E-state index in [9.17, 15) is 13.2 Å². The Hall–Kier alpha value is 0.0600. The van der Waals surface area contributed by atoms with Crippen LogP contribution in [0.25, 0.3) is 0 Å². The molecule has 0 unspecified atom stereocenters. The van der Waals surface area contributed by atoms with E-state index in [0.717, 1.165) is 3.11 Å². The maximum absolute atomic E-state index is 11.6. The van der Waals surface area contributed by atoms with Gasteiger partial charge in [0.05, 0.1) is 22.9 Å². The Kier molecular flexibility index (Phi) is 2.78. The molecule has 9 heavy (non-hydrogen) atoms. The number of hydrogen-bond donors (Lipinski definition) is 0. The van der Waals surface area contributed by atoms with Gasteiger partial charge < -0.3 is 3.11 Å². The molecule has 0 fully saturated rings. The van der Waals surface area contributed by atoms with Crippen LogP contribution in [0.1, 0.15) is 0 Å². The van der Waals surface area contributed by atoms with Gasteiger partial charge in [0.2, 0.25) is 0 Å². The van der Waals surface area contributed by atoms with Gasteiger partial charge in [-0.05, 0) is 0 Å². The van der Waals surface area contributed by atoms with Crippen molar-refractivity contribution in [3.8, 4) is 0 Å². The number of rotatable bonds is 1. The van der Waals surface area contributed by atoms with E-state index in [4.69, 9.17) is 0 Å². The van der Waals surface area contributed by atoms with Gasteiger partial charge in [-0.3, -0.25) is 0 Å².